The highest BCUT2D eigenvalue weighted by Crippen LogP contribution is 2.35. The van der Waals surface area contributed by atoms with Gasteiger partial charge in [-0.1, -0.05) is 17.2 Å². The monoisotopic (exact) mass is 448 g/mol. The van der Waals surface area contributed by atoms with E-state index in [0.29, 0.717) is 0 Å². The van der Waals surface area contributed by atoms with E-state index in [1.807, 2.05) is 0 Å². The molecule has 0 atom stereocenters. The highest BCUT2D eigenvalue weighted by Gasteiger charge is 2.26. The maximum absolute atomic E-state index is 12.6. The van der Waals surface area contributed by atoms with Crippen LogP contribution in [0.3, 0.4) is 0 Å². The van der Waals surface area contributed by atoms with Crippen LogP contribution < -0.4 is 14.8 Å². The largest absolute Gasteiger partial charge is 0.493 e. The molecule has 12 nitrogen and oxygen atoms in total. The number of methoxy groups -OCH3 is 2. The van der Waals surface area contributed by atoms with Gasteiger partial charge in [-0.3, -0.25) is 20.2 Å². The summed E-state index contributed by atoms with van der Waals surface area (Å²) in [5.41, 5.74) is -0.716. The minimum Gasteiger partial charge on any atom is -0.493 e. The third kappa shape index (κ3) is 4.45. The van der Waals surface area contributed by atoms with Gasteiger partial charge in [0.25, 0.3) is 17.5 Å². The van der Waals surface area contributed by atoms with Crippen LogP contribution in [0.1, 0.15) is 10.4 Å². The number of nitro groups is 1. The van der Waals surface area contributed by atoms with Gasteiger partial charge in [0.05, 0.1) is 35.7 Å². The van der Waals surface area contributed by atoms with E-state index in [9.17, 15) is 23.3 Å². The number of aromatic nitrogens is 2. The third-order valence-electron chi connectivity index (χ3n) is 4.11. The summed E-state index contributed by atoms with van der Waals surface area (Å²) in [7, 11) is -0.968. The van der Waals surface area contributed by atoms with Gasteiger partial charge in [0, 0.05) is 12.3 Å². The number of hydrogen-bond donors (Lipinski definition) is 1. The summed E-state index contributed by atoms with van der Waals surface area (Å²) in [6.07, 6.45) is 1.03. The molecule has 0 aliphatic carbocycles. The Bertz CT molecular complexity index is 1270. The summed E-state index contributed by atoms with van der Waals surface area (Å²) >= 11 is 0. The Hall–Kier alpha value is -4.00. The number of hydrogen-bond acceptors (Lipinski definition) is 10. The summed E-state index contributed by atoms with van der Waals surface area (Å²) in [5, 5.41) is 21.1. The average Bonchev–Trinajstić information content (AvgIpc) is 3.20. The molecule has 0 spiro atoms. The van der Waals surface area contributed by atoms with E-state index in [1.165, 1.54) is 32.4 Å². The highest BCUT2D eigenvalue weighted by atomic mass is 32.2. The van der Waals surface area contributed by atoms with Gasteiger partial charge in [0.1, 0.15) is 5.56 Å². The zero-order chi connectivity index (χ0) is 22.8. The lowest BCUT2D eigenvalue weighted by Gasteiger charge is -2.09. The van der Waals surface area contributed by atoms with Gasteiger partial charge in [-0.25, -0.2) is 8.42 Å². The Kier molecular flexibility index (Phi) is 5.88. The zero-order valence-electron chi connectivity index (χ0n) is 16.5. The SMILES string of the molecule is COc1cc(C(=O)Nc2nnc(-c3ccccc3S(C)(=O)=O)o2)c([N+](=O)[O-])cc1OC. The van der Waals surface area contributed by atoms with Crippen molar-refractivity contribution in [2.75, 3.05) is 25.8 Å². The highest BCUT2D eigenvalue weighted by molar-refractivity contribution is 7.90. The molecule has 1 aromatic heterocycles. The molecular formula is C18H16N4O8S. The molecule has 0 bridgehead atoms. The first kappa shape index (κ1) is 21.7. The Morgan fingerprint density at radius 3 is 2.39 bits per heavy atom. The van der Waals surface area contributed by atoms with E-state index in [1.54, 1.807) is 6.07 Å². The number of anilines is 1. The number of carbonyl (C=O) groups excluding carboxylic acids is 1. The van der Waals surface area contributed by atoms with Gasteiger partial charge < -0.3 is 13.9 Å². The van der Waals surface area contributed by atoms with Crippen molar-refractivity contribution in [1.29, 1.82) is 0 Å². The fraction of sp³-hybridized carbons (Fsp3) is 0.167. The van der Waals surface area contributed by atoms with Crippen molar-refractivity contribution in [3.63, 3.8) is 0 Å². The lowest BCUT2D eigenvalue weighted by molar-refractivity contribution is -0.385. The lowest BCUT2D eigenvalue weighted by Crippen LogP contribution is -2.14. The molecule has 3 aromatic rings. The second kappa shape index (κ2) is 8.39. The van der Waals surface area contributed by atoms with Crippen molar-refractivity contribution in [2.24, 2.45) is 0 Å². The molecule has 3 rings (SSSR count). The van der Waals surface area contributed by atoms with Gasteiger partial charge >= 0.3 is 6.01 Å². The maximum atomic E-state index is 12.6. The molecule has 1 N–H and O–H groups in total. The minimum absolute atomic E-state index is 0.0351. The number of nitro benzene ring substituents is 1. The first-order valence-electron chi connectivity index (χ1n) is 8.50. The van der Waals surface area contributed by atoms with Gasteiger partial charge in [0.15, 0.2) is 21.3 Å². The Morgan fingerprint density at radius 1 is 1.13 bits per heavy atom. The molecule has 2 aromatic carbocycles. The fourth-order valence-electron chi connectivity index (χ4n) is 2.71. The number of amides is 1. The standard InChI is InChI=1S/C18H16N4O8S/c1-28-13-8-11(12(22(24)25)9-14(13)29-2)16(23)19-18-21-20-17(30-18)10-6-4-5-7-15(10)31(3,26)27/h4-9H,1-3H3,(H,19,21,23). The van der Waals surface area contributed by atoms with Crippen LogP contribution in [-0.2, 0) is 9.84 Å². The van der Waals surface area contributed by atoms with E-state index in [2.05, 4.69) is 15.5 Å². The molecule has 31 heavy (non-hydrogen) atoms. The van der Waals surface area contributed by atoms with Crippen LogP contribution >= 0.6 is 0 Å². The molecule has 0 aliphatic rings. The number of carbonyl (C=O) groups is 1. The molecule has 0 saturated carbocycles. The molecule has 1 heterocycles. The third-order valence-corrected chi connectivity index (χ3v) is 5.26. The Morgan fingerprint density at radius 2 is 1.77 bits per heavy atom. The maximum Gasteiger partial charge on any atom is 0.322 e. The molecule has 162 valence electrons. The number of nitrogens with one attached hydrogen (secondary N) is 1. The van der Waals surface area contributed by atoms with Gasteiger partial charge in [-0.05, 0) is 12.1 Å². The van der Waals surface area contributed by atoms with E-state index < -0.39 is 26.4 Å². The van der Waals surface area contributed by atoms with Crippen LogP contribution in [0.15, 0.2) is 45.7 Å². The van der Waals surface area contributed by atoms with Crippen molar-refractivity contribution >= 4 is 27.4 Å². The van der Waals surface area contributed by atoms with Crippen LogP contribution in [0.5, 0.6) is 11.5 Å². The molecule has 0 fully saturated rings. The van der Waals surface area contributed by atoms with Crippen LogP contribution in [0.25, 0.3) is 11.5 Å². The molecule has 0 radical (unpaired) electrons. The summed E-state index contributed by atoms with van der Waals surface area (Å²) in [4.78, 5) is 23.2. The summed E-state index contributed by atoms with van der Waals surface area (Å²) in [6.45, 7) is 0. The second-order valence-electron chi connectivity index (χ2n) is 6.12. The first-order valence-corrected chi connectivity index (χ1v) is 10.4. The van der Waals surface area contributed by atoms with Crippen molar-refractivity contribution in [1.82, 2.24) is 10.2 Å². The number of ether oxygens (including phenoxy) is 2. The topological polar surface area (TPSA) is 164 Å². The van der Waals surface area contributed by atoms with Crippen molar-refractivity contribution in [3.05, 3.63) is 52.1 Å². The predicted octanol–water partition coefficient (Wildman–Crippen LogP) is 2.32. The van der Waals surface area contributed by atoms with Crippen molar-refractivity contribution in [2.45, 2.75) is 4.90 Å². The van der Waals surface area contributed by atoms with Crippen LogP contribution in [-0.4, -0.2) is 49.9 Å². The molecule has 13 heteroatoms. The first-order chi connectivity index (χ1) is 14.7. The molecule has 1 amide bonds. The van der Waals surface area contributed by atoms with E-state index in [0.717, 1.165) is 18.4 Å². The summed E-state index contributed by atoms with van der Waals surface area (Å²) in [6, 6.07) is 7.77. The molecule has 0 aliphatic heterocycles. The van der Waals surface area contributed by atoms with Crippen LogP contribution in [0.2, 0.25) is 0 Å². The van der Waals surface area contributed by atoms with Crippen molar-refractivity contribution in [3.8, 4) is 23.0 Å². The lowest BCUT2D eigenvalue weighted by atomic mass is 10.1. The van der Waals surface area contributed by atoms with E-state index in [-0.39, 0.29) is 39.4 Å². The number of nitrogens with zero attached hydrogens (tertiary/aromatic N) is 3. The minimum atomic E-state index is -3.58. The summed E-state index contributed by atoms with van der Waals surface area (Å²) < 4.78 is 39.4. The number of benzene rings is 2. The zero-order valence-corrected chi connectivity index (χ0v) is 17.3. The van der Waals surface area contributed by atoms with E-state index >= 15 is 0 Å². The molecule has 0 unspecified atom stereocenters. The number of sulfone groups is 1. The summed E-state index contributed by atoms with van der Waals surface area (Å²) in [5.74, 6) is -0.896. The van der Waals surface area contributed by atoms with Gasteiger partial charge in [0.2, 0.25) is 0 Å². The molecular weight excluding hydrogens is 432 g/mol. The second-order valence-corrected chi connectivity index (χ2v) is 8.10. The number of rotatable bonds is 7. The van der Waals surface area contributed by atoms with Gasteiger partial charge in [-0.15, -0.1) is 5.10 Å². The predicted molar refractivity (Wildman–Crippen MR) is 107 cm³/mol. The van der Waals surface area contributed by atoms with Crippen LogP contribution in [0.4, 0.5) is 11.7 Å². The fourth-order valence-corrected chi connectivity index (χ4v) is 3.60. The van der Waals surface area contributed by atoms with Gasteiger partial charge in [-0.2, -0.15) is 0 Å². The smallest absolute Gasteiger partial charge is 0.322 e. The average molecular weight is 448 g/mol. The molecule has 0 saturated heterocycles. The van der Waals surface area contributed by atoms with Crippen LogP contribution in [0, 0.1) is 10.1 Å². The van der Waals surface area contributed by atoms with Crippen molar-refractivity contribution < 1.29 is 32.0 Å². The Labute approximate surface area is 175 Å². The van der Waals surface area contributed by atoms with E-state index in [4.69, 9.17) is 13.9 Å². The Balaban J connectivity index is 1.95. The normalized spacial score (nSPS) is 11.1. The quantitative estimate of drug-likeness (QED) is 0.419.